The predicted molar refractivity (Wildman–Crippen MR) is 141 cm³/mol. The third-order valence-corrected chi connectivity index (χ3v) is 7.31. The molecule has 0 aliphatic carbocycles. The van der Waals surface area contributed by atoms with Gasteiger partial charge in [0.25, 0.3) is 5.19 Å². The van der Waals surface area contributed by atoms with Gasteiger partial charge in [0, 0.05) is 11.8 Å². The molecule has 0 fully saturated rings. The van der Waals surface area contributed by atoms with E-state index in [0.717, 1.165) is 23.5 Å². The van der Waals surface area contributed by atoms with Gasteiger partial charge in [-0.2, -0.15) is 26.3 Å². The number of benzene rings is 3. The fourth-order valence-corrected chi connectivity index (χ4v) is 5.11. The zero-order chi connectivity index (χ0) is 28.8. The molecule has 0 saturated carbocycles. The largest absolute Gasteiger partial charge is 0.434 e. The fourth-order valence-electron chi connectivity index (χ4n) is 3.53. The van der Waals surface area contributed by atoms with Crippen LogP contribution in [-0.4, -0.2) is 9.97 Å². The minimum Gasteiger partial charge on any atom is -0.434 e. The Morgan fingerprint density at radius 1 is 0.725 bits per heavy atom. The Labute approximate surface area is 240 Å². The van der Waals surface area contributed by atoms with Gasteiger partial charge >= 0.3 is 12.4 Å². The first-order chi connectivity index (χ1) is 18.8. The van der Waals surface area contributed by atoms with E-state index in [1.165, 1.54) is 12.1 Å². The quantitative estimate of drug-likeness (QED) is 0.180. The molecule has 0 bridgehead atoms. The molecule has 5 rings (SSSR count). The van der Waals surface area contributed by atoms with Crippen molar-refractivity contribution in [2.75, 3.05) is 0 Å². The van der Waals surface area contributed by atoms with Crippen LogP contribution in [0.15, 0.2) is 66.9 Å². The second-order valence-electron chi connectivity index (χ2n) is 8.14. The highest BCUT2D eigenvalue weighted by Gasteiger charge is 2.32. The van der Waals surface area contributed by atoms with Crippen molar-refractivity contribution in [2.45, 2.75) is 12.4 Å². The number of nitrogens with zero attached hydrogens (tertiary/aromatic N) is 2. The number of pyridine rings is 1. The zero-order valence-corrected chi connectivity index (χ0v) is 22.5. The number of hydrogen-bond acceptors (Lipinski definition) is 5. The lowest BCUT2D eigenvalue weighted by Gasteiger charge is -2.14. The molecule has 0 atom stereocenters. The molecule has 14 heteroatoms. The molecular formula is C26H11Cl3F6N2O2S. The van der Waals surface area contributed by atoms with E-state index in [1.54, 1.807) is 30.3 Å². The Bertz CT molecular complexity index is 1720. The summed E-state index contributed by atoms with van der Waals surface area (Å²) in [5, 5.41) is -0.122. The van der Waals surface area contributed by atoms with Crippen LogP contribution in [0, 0.1) is 0 Å². The molecule has 0 unspecified atom stereocenters. The van der Waals surface area contributed by atoms with Crippen molar-refractivity contribution in [3.8, 4) is 33.7 Å². The first-order valence-corrected chi connectivity index (χ1v) is 12.9. The minimum absolute atomic E-state index is 0.0468. The van der Waals surface area contributed by atoms with Crippen molar-refractivity contribution >= 4 is 56.4 Å². The summed E-state index contributed by atoms with van der Waals surface area (Å²) in [5.74, 6) is -0.0262. The lowest BCUT2D eigenvalue weighted by molar-refractivity contribution is -0.138. The zero-order valence-electron chi connectivity index (χ0n) is 19.4. The molecule has 0 radical (unpaired) electrons. The third-order valence-electron chi connectivity index (χ3n) is 5.45. The number of ether oxygens (including phenoxy) is 2. The number of rotatable bonds is 5. The molecule has 2 aromatic heterocycles. The van der Waals surface area contributed by atoms with Crippen molar-refractivity contribution in [3.05, 3.63) is 93.1 Å². The fraction of sp³-hybridized carbons (Fsp3) is 0.0769. The van der Waals surface area contributed by atoms with E-state index in [4.69, 9.17) is 44.3 Å². The molecule has 0 N–H and O–H groups in total. The van der Waals surface area contributed by atoms with Crippen LogP contribution in [-0.2, 0) is 12.4 Å². The molecule has 0 saturated heterocycles. The van der Waals surface area contributed by atoms with Gasteiger partial charge in [0.05, 0.1) is 31.4 Å². The second kappa shape index (κ2) is 10.6. The van der Waals surface area contributed by atoms with Crippen molar-refractivity contribution in [2.24, 2.45) is 0 Å². The number of alkyl halides is 6. The standard InChI is InChI=1S/C26H11Cl3F6N2O2S/c27-17-7-6-16(21(29)22(17)39-23-18(28)9-14(11-36-23)26(33,34)35)12-1-4-15(5-2-12)38-24-37-19-10-13(25(30,31)32)3-8-20(19)40-24/h1-11H. The highest BCUT2D eigenvalue weighted by Crippen LogP contribution is 2.44. The maximum absolute atomic E-state index is 13.0. The Morgan fingerprint density at radius 2 is 1.43 bits per heavy atom. The highest BCUT2D eigenvalue weighted by molar-refractivity contribution is 7.20. The van der Waals surface area contributed by atoms with Gasteiger partial charge in [-0.25, -0.2) is 9.97 Å². The normalized spacial score (nSPS) is 12.1. The molecule has 206 valence electrons. The van der Waals surface area contributed by atoms with Crippen LogP contribution < -0.4 is 9.47 Å². The lowest BCUT2D eigenvalue weighted by atomic mass is 10.1. The lowest BCUT2D eigenvalue weighted by Crippen LogP contribution is -2.06. The summed E-state index contributed by atoms with van der Waals surface area (Å²) in [6.45, 7) is 0. The smallest absolute Gasteiger partial charge is 0.417 e. The highest BCUT2D eigenvalue weighted by atomic mass is 35.5. The molecule has 0 spiro atoms. The van der Waals surface area contributed by atoms with Gasteiger partial charge in [0.2, 0.25) is 5.88 Å². The van der Waals surface area contributed by atoms with Crippen LogP contribution in [0.1, 0.15) is 11.1 Å². The molecule has 3 aromatic carbocycles. The van der Waals surface area contributed by atoms with Crippen LogP contribution in [0.2, 0.25) is 15.1 Å². The van der Waals surface area contributed by atoms with Crippen molar-refractivity contribution in [3.63, 3.8) is 0 Å². The maximum Gasteiger partial charge on any atom is 0.417 e. The van der Waals surface area contributed by atoms with E-state index < -0.39 is 28.5 Å². The van der Waals surface area contributed by atoms with E-state index in [2.05, 4.69) is 9.97 Å². The summed E-state index contributed by atoms with van der Waals surface area (Å²) in [7, 11) is 0. The van der Waals surface area contributed by atoms with E-state index >= 15 is 0 Å². The Balaban J connectivity index is 1.37. The molecule has 0 aliphatic rings. The predicted octanol–water partition coefficient (Wildman–Crippen LogP) is 10.9. The van der Waals surface area contributed by atoms with Gasteiger partial charge in [-0.15, -0.1) is 0 Å². The summed E-state index contributed by atoms with van der Waals surface area (Å²) in [6.07, 6.45) is -8.54. The van der Waals surface area contributed by atoms with Crippen LogP contribution in [0.3, 0.4) is 0 Å². The molecule has 5 aromatic rings. The average Bonchev–Trinajstić information content (AvgIpc) is 3.28. The number of aromatic nitrogens is 2. The number of thiazole rings is 1. The van der Waals surface area contributed by atoms with E-state index in [-0.39, 0.29) is 32.4 Å². The van der Waals surface area contributed by atoms with Crippen LogP contribution >= 0.6 is 46.1 Å². The van der Waals surface area contributed by atoms with Gasteiger partial charge in [0.1, 0.15) is 10.8 Å². The van der Waals surface area contributed by atoms with E-state index in [1.807, 2.05) is 0 Å². The molecule has 0 aliphatic heterocycles. The first-order valence-electron chi connectivity index (χ1n) is 10.9. The first kappa shape index (κ1) is 28.3. The van der Waals surface area contributed by atoms with Crippen LogP contribution in [0.4, 0.5) is 26.3 Å². The SMILES string of the molecule is FC(F)(F)c1cnc(Oc2c(Cl)ccc(-c3ccc(Oc4nc5cc(C(F)(F)F)ccc5s4)cc3)c2Cl)c(Cl)c1. The summed E-state index contributed by atoms with van der Waals surface area (Å²) < 4.78 is 89.5. The Hall–Kier alpha value is -3.25. The maximum atomic E-state index is 13.0. The average molecular weight is 636 g/mol. The third kappa shape index (κ3) is 5.92. The van der Waals surface area contributed by atoms with Gasteiger partial charge in [0.15, 0.2) is 5.75 Å². The minimum atomic E-state index is -4.63. The van der Waals surface area contributed by atoms with E-state index in [0.29, 0.717) is 33.8 Å². The molecule has 4 nitrogen and oxygen atoms in total. The topological polar surface area (TPSA) is 44.2 Å². The molecular weight excluding hydrogens is 625 g/mol. The Morgan fingerprint density at radius 3 is 2.08 bits per heavy atom. The van der Waals surface area contributed by atoms with Gasteiger partial charge in [-0.1, -0.05) is 64.3 Å². The number of fused-ring (bicyclic) bond motifs is 1. The van der Waals surface area contributed by atoms with Gasteiger partial charge < -0.3 is 9.47 Å². The molecule has 2 heterocycles. The van der Waals surface area contributed by atoms with Crippen molar-refractivity contribution in [1.29, 1.82) is 0 Å². The summed E-state index contributed by atoms with van der Waals surface area (Å²) in [4.78, 5) is 7.77. The Kier molecular flexibility index (Phi) is 7.51. The van der Waals surface area contributed by atoms with Crippen molar-refractivity contribution in [1.82, 2.24) is 9.97 Å². The number of halogens is 9. The van der Waals surface area contributed by atoms with Crippen LogP contribution in [0.5, 0.6) is 22.6 Å². The second-order valence-corrected chi connectivity index (χ2v) is 10.3. The van der Waals surface area contributed by atoms with Gasteiger partial charge in [-0.05, 0) is 48.0 Å². The molecule has 0 amide bonds. The van der Waals surface area contributed by atoms with E-state index in [9.17, 15) is 26.3 Å². The van der Waals surface area contributed by atoms with Crippen molar-refractivity contribution < 1.29 is 35.8 Å². The number of hydrogen-bond donors (Lipinski definition) is 0. The van der Waals surface area contributed by atoms with Crippen LogP contribution in [0.25, 0.3) is 21.3 Å². The summed E-state index contributed by atoms with van der Waals surface area (Å²) >= 11 is 19.8. The monoisotopic (exact) mass is 634 g/mol. The summed E-state index contributed by atoms with van der Waals surface area (Å²) in [6, 6.07) is 13.6. The summed E-state index contributed by atoms with van der Waals surface area (Å²) in [5.41, 5.74) is -0.620. The van der Waals surface area contributed by atoms with Gasteiger partial charge in [-0.3, -0.25) is 0 Å². The molecule has 40 heavy (non-hydrogen) atoms.